The van der Waals surface area contributed by atoms with E-state index in [1.807, 2.05) is 18.2 Å². The number of benzene rings is 1. The number of carboxylic acids is 1. The van der Waals surface area contributed by atoms with Gasteiger partial charge in [-0.25, -0.2) is 0 Å². The molecule has 7 nitrogen and oxygen atoms in total. The number of rotatable bonds is 19. The van der Waals surface area contributed by atoms with E-state index >= 15 is 0 Å². The largest absolute Gasteiger partial charge is 0.481 e. The van der Waals surface area contributed by atoms with Crippen molar-refractivity contribution in [2.75, 3.05) is 5.01 Å². The number of nitrogens with one attached hydrogen (secondary N) is 1. The van der Waals surface area contributed by atoms with E-state index in [1.54, 1.807) is 12.1 Å². The first kappa shape index (κ1) is 29.5. The van der Waals surface area contributed by atoms with Gasteiger partial charge in [0.05, 0.1) is 18.0 Å². The van der Waals surface area contributed by atoms with E-state index in [0.29, 0.717) is 12.1 Å². The van der Waals surface area contributed by atoms with Gasteiger partial charge in [0.2, 0.25) is 5.91 Å². The topological polar surface area (TPSA) is 99.1 Å². The molecule has 0 saturated heterocycles. The first-order chi connectivity index (χ1) is 17.5. The summed E-state index contributed by atoms with van der Waals surface area (Å²) in [6.07, 6.45) is 17.9. The summed E-state index contributed by atoms with van der Waals surface area (Å²) >= 11 is 0. The maximum atomic E-state index is 12.4. The molecule has 1 aliphatic rings. The third-order valence-electron chi connectivity index (χ3n) is 6.75. The fourth-order valence-corrected chi connectivity index (χ4v) is 4.60. The molecule has 2 rings (SSSR count). The lowest BCUT2D eigenvalue weighted by molar-refractivity contribution is -0.144. The Kier molecular flexibility index (Phi) is 14.5. The van der Waals surface area contributed by atoms with Crippen molar-refractivity contribution in [2.45, 2.75) is 116 Å². The summed E-state index contributed by atoms with van der Waals surface area (Å²) in [6, 6.07) is 9.00. The van der Waals surface area contributed by atoms with Gasteiger partial charge in [0.25, 0.3) is 5.91 Å². The van der Waals surface area contributed by atoms with Crippen LogP contribution in [0.4, 0.5) is 5.69 Å². The standard InChI is InChI=1S/C29H45N3O4/c1-2-3-4-5-6-7-8-9-10-11-12-13-14-16-19-24(29(35)36)22-27(33)30-26-23-28(34)32(31-26)25-20-17-15-18-21-25/h15,17-18,20-21,24H,2-14,16,19,22-23H2,1H3,(H,35,36)(H,30,31,33)/t24-/m1/s1. The van der Waals surface area contributed by atoms with Crippen LogP contribution in [-0.4, -0.2) is 28.7 Å². The molecule has 0 spiro atoms. The summed E-state index contributed by atoms with van der Waals surface area (Å²) in [7, 11) is 0. The Morgan fingerprint density at radius 1 is 0.889 bits per heavy atom. The Labute approximate surface area is 216 Å². The predicted octanol–water partition coefficient (Wildman–Crippen LogP) is 6.82. The second kappa shape index (κ2) is 17.7. The first-order valence-corrected chi connectivity index (χ1v) is 14.0. The van der Waals surface area contributed by atoms with Crippen LogP contribution in [0.25, 0.3) is 0 Å². The highest BCUT2D eigenvalue weighted by molar-refractivity contribution is 6.15. The van der Waals surface area contributed by atoms with Crippen molar-refractivity contribution in [2.24, 2.45) is 11.0 Å². The summed E-state index contributed by atoms with van der Waals surface area (Å²) in [4.78, 5) is 36.3. The molecule has 36 heavy (non-hydrogen) atoms. The number of anilines is 1. The van der Waals surface area contributed by atoms with Gasteiger partial charge in [-0.05, 0) is 18.6 Å². The van der Waals surface area contributed by atoms with Gasteiger partial charge in [0.1, 0.15) is 5.84 Å². The molecule has 0 radical (unpaired) electrons. The van der Waals surface area contributed by atoms with E-state index in [0.717, 1.165) is 19.3 Å². The van der Waals surface area contributed by atoms with Gasteiger partial charge in [0, 0.05) is 6.42 Å². The van der Waals surface area contributed by atoms with Crippen LogP contribution in [-0.2, 0) is 14.4 Å². The number of aliphatic carboxylic acids is 1. The lowest BCUT2D eigenvalue weighted by Crippen LogP contribution is -2.32. The Balaban J connectivity index is 1.55. The minimum atomic E-state index is -0.949. The van der Waals surface area contributed by atoms with Crippen molar-refractivity contribution in [3.63, 3.8) is 0 Å². The number of amidine groups is 1. The SMILES string of the molecule is CCCCCCCCCCCCCCCC[C@H](CC(=O)NC1=NN(c2ccccc2)C(=O)C1)C(=O)O. The zero-order valence-corrected chi connectivity index (χ0v) is 22.1. The normalized spacial score (nSPS) is 14.1. The molecule has 0 fully saturated rings. The molecular formula is C29H45N3O4. The number of nitrogens with zero attached hydrogens (tertiary/aromatic N) is 2. The van der Waals surface area contributed by atoms with Crippen molar-refractivity contribution in [1.29, 1.82) is 0 Å². The molecule has 1 heterocycles. The quantitative estimate of drug-likeness (QED) is 0.204. The highest BCUT2D eigenvalue weighted by Gasteiger charge is 2.28. The summed E-state index contributed by atoms with van der Waals surface area (Å²) in [5.74, 6) is -2.04. The number of amides is 2. The van der Waals surface area contributed by atoms with Gasteiger partial charge in [-0.3, -0.25) is 14.4 Å². The molecule has 0 saturated carbocycles. The van der Waals surface area contributed by atoms with Gasteiger partial charge >= 0.3 is 5.97 Å². The molecule has 2 amide bonds. The van der Waals surface area contributed by atoms with Crippen LogP contribution in [0.2, 0.25) is 0 Å². The van der Waals surface area contributed by atoms with Gasteiger partial charge < -0.3 is 10.4 Å². The van der Waals surface area contributed by atoms with E-state index < -0.39 is 17.8 Å². The molecule has 7 heteroatoms. The maximum absolute atomic E-state index is 12.4. The molecular weight excluding hydrogens is 454 g/mol. The van der Waals surface area contributed by atoms with E-state index in [9.17, 15) is 19.5 Å². The second-order valence-corrected chi connectivity index (χ2v) is 9.94. The second-order valence-electron chi connectivity index (χ2n) is 9.94. The van der Waals surface area contributed by atoms with Crippen molar-refractivity contribution in [3.8, 4) is 0 Å². The zero-order valence-electron chi connectivity index (χ0n) is 22.1. The third-order valence-corrected chi connectivity index (χ3v) is 6.75. The molecule has 200 valence electrons. The van der Waals surface area contributed by atoms with Crippen molar-refractivity contribution < 1.29 is 19.5 Å². The maximum Gasteiger partial charge on any atom is 0.307 e. The fraction of sp³-hybridized carbons (Fsp3) is 0.655. The van der Waals surface area contributed by atoms with Gasteiger partial charge in [-0.1, -0.05) is 115 Å². The smallest absolute Gasteiger partial charge is 0.307 e. The third kappa shape index (κ3) is 11.8. The number of hydrogen-bond donors (Lipinski definition) is 2. The monoisotopic (exact) mass is 499 g/mol. The number of carbonyl (C=O) groups is 3. The van der Waals surface area contributed by atoms with Crippen LogP contribution in [0.1, 0.15) is 116 Å². The minimum absolute atomic E-state index is 0.00265. The number of carbonyl (C=O) groups excluding carboxylic acids is 2. The number of hydrogen-bond acceptors (Lipinski definition) is 4. The van der Waals surface area contributed by atoms with Crippen LogP contribution in [0.15, 0.2) is 35.4 Å². The molecule has 0 aliphatic carbocycles. The highest BCUT2D eigenvalue weighted by Crippen LogP contribution is 2.20. The van der Waals surface area contributed by atoms with Crippen molar-refractivity contribution in [1.82, 2.24) is 5.32 Å². The molecule has 0 unspecified atom stereocenters. The Bertz CT molecular complexity index is 825. The molecule has 2 N–H and O–H groups in total. The highest BCUT2D eigenvalue weighted by atomic mass is 16.4. The van der Waals surface area contributed by atoms with Gasteiger partial charge in [-0.2, -0.15) is 10.1 Å². The zero-order chi connectivity index (χ0) is 26.0. The molecule has 1 aromatic carbocycles. The van der Waals surface area contributed by atoms with Crippen LogP contribution in [0.5, 0.6) is 0 Å². The van der Waals surface area contributed by atoms with Gasteiger partial charge in [0.15, 0.2) is 0 Å². The molecule has 0 aromatic heterocycles. The lowest BCUT2D eigenvalue weighted by Gasteiger charge is -2.12. The van der Waals surface area contributed by atoms with E-state index in [1.165, 1.54) is 75.6 Å². The molecule has 1 aliphatic heterocycles. The Morgan fingerprint density at radius 2 is 1.42 bits per heavy atom. The van der Waals surface area contributed by atoms with Crippen LogP contribution >= 0.6 is 0 Å². The molecule has 1 aromatic rings. The first-order valence-electron chi connectivity index (χ1n) is 14.0. The van der Waals surface area contributed by atoms with Crippen molar-refractivity contribution in [3.05, 3.63) is 30.3 Å². The Hall–Kier alpha value is -2.70. The average molecular weight is 500 g/mol. The Morgan fingerprint density at radius 3 is 1.94 bits per heavy atom. The van der Waals surface area contributed by atoms with Crippen LogP contribution in [0.3, 0.4) is 0 Å². The average Bonchev–Trinajstić information content (AvgIpc) is 3.23. The van der Waals surface area contributed by atoms with Crippen LogP contribution < -0.4 is 10.3 Å². The van der Waals surface area contributed by atoms with E-state index in [-0.39, 0.29) is 24.6 Å². The summed E-state index contributed by atoms with van der Waals surface area (Å²) < 4.78 is 0. The molecule has 0 bridgehead atoms. The number of unbranched alkanes of at least 4 members (excludes halogenated alkanes) is 13. The summed E-state index contributed by atoms with van der Waals surface area (Å²) in [6.45, 7) is 2.25. The minimum Gasteiger partial charge on any atom is -0.481 e. The number of hydrazone groups is 1. The van der Waals surface area contributed by atoms with E-state index in [2.05, 4.69) is 17.3 Å². The van der Waals surface area contributed by atoms with Crippen molar-refractivity contribution >= 4 is 29.3 Å². The lowest BCUT2D eigenvalue weighted by atomic mass is 9.96. The summed E-state index contributed by atoms with van der Waals surface area (Å²) in [5.41, 5.74) is 0.632. The van der Waals surface area contributed by atoms with Gasteiger partial charge in [-0.15, -0.1) is 0 Å². The van der Waals surface area contributed by atoms with Crippen LogP contribution in [0, 0.1) is 5.92 Å². The number of para-hydroxylation sites is 1. The molecule has 1 atom stereocenters. The fourth-order valence-electron chi connectivity index (χ4n) is 4.60. The predicted molar refractivity (Wildman–Crippen MR) is 145 cm³/mol. The number of carboxylic acid groups (broad SMARTS) is 1. The van der Waals surface area contributed by atoms with E-state index in [4.69, 9.17) is 0 Å². The summed E-state index contributed by atoms with van der Waals surface area (Å²) in [5, 5.41) is 17.6.